The number of rotatable bonds is 4. The maximum atomic E-state index is 5.83. The van der Waals surface area contributed by atoms with Gasteiger partial charge >= 0.3 is 0 Å². The van der Waals surface area contributed by atoms with E-state index in [4.69, 9.17) is 16.3 Å². The molecule has 0 N–H and O–H groups in total. The van der Waals surface area contributed by atoms with E-state index in [-0.39, 0.29) is 5.60 Å². The SMILES string of the molecule is CCC(c1nc(CCl)cs1)N1CCOC(C)(C)C1. The third kappa shape index (κ3) is 3.23. The maximum absolute atomic E-state index is 5.83. The van der Waals surface area contributed by atoms with Crippen molar-refractivity contribution in [2.45, 2.75) is 44.7 Å². The molecule has 102 valence electrons. The summed E-state index contributed by atoms with van der Waals surface area (Å²) in [6, 6.07) is 0.398. The van der Waals surface area contributed by atoms with Crippen LogP contribution >= 0.6 is 22.9 Å². The Balaban J connectivity index is 2.12. The van der Waals surface area contributed by atoms with Crippen LogP contribution in [-0.4, -0.2) is 35.2 Å². The van der Waals surface area contributed by atoms with Crippen LogP contribution in [-0.2, 0) is 10.6 Å². The third-order valence-corrected chi connectivity index (χ3v) is 4.54. The Hall–Kier alpha value is -0.160. The summed E-state index contributed by atoms with van der Waals surface area (Å²) in [6.07, 6.45) is 1.07. The van der Waals surface area contributed by atoms with Crippen LogP contribution in [0, 0.1) is 0 Å². The Bertz CT molecular complexity index is 394. The Morgan fingerprint density at radius 1 is 1.61 bits per heavy atom. The first-order valence-corrected chi connectivity index (χ1v) is 7.85. The van der Waals surface area contributed by atoms with Gasteiger partial charge in [-0.3, -0.25) is 4.90 Å². The highest BCUT2D eigenvalue weighted by Gasteiger charge is 2.32. The molecule has 1 aromatic rings. The summed E-state index contributed by atoms with van der Waals surface area (Å²) in [5.41, 5.74) is 0.931. The molecule has 3 nitrogen and oxygen atoms in total. The highest BCUT2D eigenvalue weighted by Crippen LogP contribution is 2.31. The predicted molar refractivity (Wildman–Crippen MR) is 76.3 cm³/mol. The minimum absolute atomic E-state index is 0.0573. The van der Waals surface area contributed by atoms with Gasteiger partial charge in [-0.2, -0.15) is 0 Å². The molecule has 2 heterocycles. The van der Waals surface area contributed by atoms with Crippen molar-refractivity contribution >= 4 is 22.9 Å². The van der Waals surface area contributed by atoms with E-state index in [1.807, 2.05) is 0 Å². The lowest BCUT2D eigenvalue weighted by atomic mass is 10.0. The summed E-state index contributed by atoms with van der Waals surface area (Å²) in [4.78, 5) is 7.11. The summed E-state index contributed by atoms with van der Waals surface area (Å²) in [5.74, 6) is 0.502. The van der Waals surface area contributed by atoms with E-state index in [9.17, 15) is 0 Å². The first-order valence-electron chi connectivity index (χ1n) is 6.44. The van der Waals surface area contributed by atoms with Gasteiger partial charge in [-0.25, -0.2) is 4.98 Å². The van der Waals surface area contributed by atoms with Crippen LogP contribution in [0.3, 0.4) is 0 Å². The van der Waals surface area contributed by atoms with Gasteiger partial charge in [0.15, 0.2) is 0 Å². The molecule has 0 bridgehead atoms. The largest absolute Gasteiger partial charge is 0.373 e. The first kappa shape index (κ1) is 14.3. The second-order valence-electron chi connectivity index (χ2n) is 5.31. The number of thiazole rings is 1. The fourth-order valence-corrected chi connectivity index (χ4v) is 3.71. The van der Waals surface area contributed by atoms with Crippen LogP contribution in [0.4, 0.5) is 0 Å². The lowest BCUT2D eigenvalue weighted by molar-refractivity contribution is -0.0980. The van der Waals surface area contributed by atoms with Crippen molar-refractivity contribution in [2.24, 2.45) is 0 Å². The highest BCUT2D eigenvalue weighted by atomic mass is 35.5. The number of halogens is 1. The predicted octanol–water partition coefficient (Wildman–Crippen LogP) is 3.44. The maximum Gasteiger partial charge on any atom is 0.110 e. The normalized spacial score (nSPS) is 22.0. The highest BCUT2D eigenvalue weighted by molar-refractivity contribution is 7.09. The average molecular weight is 289 g/mol. The average Bonchev–Trinajstić information content (AvgIpc) is 2.77. The zero-order chi connectivity index (χ0) is 13.2. The molecule has 1 aromatic heterocycles. The van der Waals surface area contributed by atoms with Gasteiger partial charge < -0.3 is 4.74 Å². The van der Waals surface area contributed by atoms with Crippen molar-refractivity contribution in [3.8, 4) is 0 Å². The van der Waals surface area contributed by atoms with Gasteiger partial charge in [0.1, 0.15) is 5.01 Å². The molecule has 5 heteroatoms. The van der Waals surface area contributed by atoms with Crippen molar-refractivity contribution in [3.63, 3.8) is 0 Å². The quantitative estimate of drug-likeness (QED) is 0.794. The summed E-state index contributed by atoms with van der Waals surface area (Å²) >= 11 is 7.55. The summed E-state index contributed by atoms with van der Waals surface area (Å²) in [7, 11) is 0. The lowest BCUT2D eigenvalue weighted by Crippen LogP contribution is -2.49. The van der Waals surface area contributed by atoms with E-state index in [0.29, 0.717) is 11.9 Å². The molecule has 1 atom stereocenters. The smallest absolute Gasteiger partial charge is 0.110 e. The molecule has 0 spiro atoms. The van der Waals surface area contributed by atoms with E-state index in [1.54, 1.807) is 11.3 Å². The molecule has 18 heavy (non-hydrogen) atoms. The van der Waals surface area contributed by atoms with E-state index in [2.05, 4.69) is 36.0 Å². The Labute approximate surface area is 118 Å². The summed E-state index contributed by atoms with van der Waals surface area (Å²) in [6.45, 7) is 9.26. The van der Waals surface area contributed by atoms with Crippen LogP contribution in [0.15, 0.2) is 5.38 Å². The molecule has 1 aliphatic heterocycles. The molecular weight excluding hydrogens is 268 g/mol. The van der Waals surface area contributed by atoms with Gasteiger partial charge in [0.05, 0.1) is 29.8 Å². The van der Waals surface area contributed by atoms with E-state index < -0.39 is 0 Å². The second-order valence-corrected chi connectivity index (χ2v) is 6.47. The van der Waals surface area contributed by atoms with E-state index >= 15 is 0 Å². The topological polar surface area (TPSA) is 25.4 Å². The Morgan fingerprint density at radius 2 is 2.39 bits per heavy atom. The van der Waals surface area contributed by atoms with Gasteiger partial charge in [0.25, 0.3) is 0 Å². The number of ether oxygens (including phenoxy) is 1. The standard InChI is InChI=1S/C13H21ClN2OS/c1-4-11(12-15-10(7-14)8-18-12)16-5-6-17-13(2,3)9-16/h8,11H,4-7,9H2,1-3H3. The molecule has 0 saturated carbocycles. The monoisotopic (exact) mass is 288 g/mol. The van der Waals surface area contributed by atoms with Crippen LogP contribution in [0.25, 0.3) is 0 Å². The zero-order valence-corrected chi connectivity index (χ0v) is 12.9. The molecule has 0 amide bonds. The summed E-state index contributed by atoms with van der Waals surface area (Å²) in [5, 5.41) is 3.25. The molecule has 1 fully saturated rings. The van der Waals surface area contributed by atoms with Crippen molar-refractivity contribution in [1.82, 2.24) is 9.88 Å². The van der Waals surface area contributed by atoms with Crippen molar-refractivity contribution in [2.75, 3.05) is 19.7 Å². The van der Waals surface area contributed by atoms with Gasteiger partial charge in [-0.1, -0.05) is 6.92 Å². The summed E-state index contributed by atoms with van der Waals surface area (Å²) < 4.78 is 5.77. The molecule has 0 aromatic carbocycles. The molecule has 1 saturated heterocycles. The number of hydrogen-bond donors (Lipinski definition) is 0. The molecule has 0 aliphatic carbocycles. The van der Waals surface area contributed by atoms with Gasteiger partial charge in [-0.05, 0) is 20.3 Å². The second kappa shape index (κ2) is 5.87. The molecule has 2 rings (SSSR count). The fourth-order valence-electron chi connectivity index (χ4n) is 2.45. The van der Waals surface area contributed by atoms with Crippen LogP contribution in [0.5, 0.6) is 0 Å². The minimum Gasteiger partial charge on any atom is -0.373 e. The molecular formula is C13H21ClN2OS. The Morgan fingerprint density at radius 3 is 2.94 bits per heavy atom. The number of nitrogens with zero attached hydrogens (tertiary/aromatic N) is 2. The van der Waals surface area contributed by atoms with Crippen molar-refractivity contribution in [3.05, 3.63) is 16.1 Å². The Kier molecular flexibility index (Phi) is 4.64. The molecule has 0 radical (unpaired) electrons. The molecule has 1 unspecified atom stereocenters. The van der Waals surface area contributed by atoms with Crippen molar-refractivity contribution < 1.29 is 4.74 Å². The number of alkyl halides is 1. The lowest BCUT2D eigenvalue weighted by Gasteiger charge is -2.41. The number of morpholine rings is 1. The van der Waals surface area contributed by atoms with Gasteiger partial charge in [-0.15, -0.1) is 22.9 Å². The molecule has 1 aliphatic rings. The van der Waals surface area contributed by atoms with Crippen LogP contribution in [0.2, 0.25) is 0 Å². The van der Waals surface area contributed by atoms with E-state index in [0.717, 1.165) is 31.8 Å². The van der Waals surface area contributed by atoms with Gasteiger partial charge in [0.2, 0.25) is 0 Å². The van der Waals surface area contributed by atoms with Gasteiger partial charge in [0, 0.05) is 18.5 Å². The fraction of sp³-hybridized carbons (Fsp3) is 0.769. The number of hydrogen-bond acceptors (Lipinski definition) is 4. The first-order chi connectivity index (χ1) is 8.55. The third-order valence-electron chi connectivity index (χ3n) is 3.27. The van der Waals surface area contributed by atoms with E-state index in [1.165, 1.54) is 5.01 Å². The minimum atomic E-state index is -0.0573. The zero-order valence-electron chi connectivity index (χ0n) is 11.3. The number of aromatic nitrogens is 1. The van der Waals surface area contributed by atoms with Crippen LogP contribution < -0.4 is 0 Å². The van der Waals surface area contributed by atoms with Crippen molar-refractivity contribution in [1.29, 1.82) is 0 Å². The van der Waals surface area contributed by atoms with Crippen LogP contribution in [0.1, 0.15) is 43.9 Å².